The number of anilines is 2. The highest BCUT2D eigenvalue weighted by Gasteiger charge is 2.27. The van der Waals surface area contributed by atoms with Crippen LogP contribution in [0, 0.1) is 5.92 Å². The maximum atomic E-state index is 11.5. The maximum absolute atomic E-state index is 11.5. The van der Waals surface area contributed by atoms with E-state index in [0.717, 1.165) is 5.82 Å². The number of aromatic nitrogens is 3. The van der Waals surface area contributed by atoms with Crippen molar-refractivity contribution in [2.24, 2.45) is 5.92 Å². The van der Waals surface area contributed by atoms with Gasteiger partial charge in [0.15, 0.2) is 9.84 Å². The van der Waals surface area contributed by atoms with Crippen molar-refractivity contribution >= 4 is 21.7 Å². The van der Waals surface area contributed by atoms with Crippen molar-refractivity contribution in [3.8, 4) is 0 Å². The third kappa shape index (κ3) is 4.26. The molecule has 1 saturated heterocycles. The Kier molecular flexibility index (Phi) is 4.65. The molecule has 1 N–H and O–H groups in total. The molecule has 0 amide bonds. The van der Waals surface area contributed by atoms with Gasteiger partial charge in [-0.2, -0.15) is 15.0 Å². The number of hydrogen-bond acceptors (Lipinski definition) is 7. The highest BCUT2D eigenvalue weighted by molar-refractivity contribution is 7.91. The number of hydrogen-bond donors (Lipinski definition) is 1. The monoisotopic (exact) mass is 313 g/mol. The lowest BCUT2D eigenvalue weighted by atomic mass is 10.1. The summed E-state index contributed by atoms with van der Waals surface area (Å²) in [6.07, 6.45) is 0.706. The quantitative estimate of drug-likeness (QED) is 0.864. The van der Waals surface area contributed by atoms with Crippen LogP contribution in [0.4, 0.5) is 11.9 Å². The molecule has 1 aliphatic heterocycles. The van der Waals surface area contributed by atoms with Gasteiger partial charge in [-0.25, -0.2) is 8.42 Å². The summed E-state index contributed by atoms with van der Waals surface area (Å²) < 4.78 is 22.9. The van der Waals surface area contributed by atoms with E-state index in [1.807, 2.05) is 32.8 Å². The molecule has 0 bridgehead atoms. The summed E-state index contributed by atoms with van der Waals surface area (Å²) in [6.45, 7) is 4.64. The highest BCUT2D eigenvalue weighted by atomic mass is 32.2. The van der Waals surface area contributed by atoms with Crippen molar-refractivity contribution in [2.45, 2.75) is 26.2 Å². The van der Waals surface area contributed by atoms with Crippen LogP contribution in [-0.2, 0) is 9.84 Å². The highest BCUT2D eigenvalue weighted by Crippen LogP contribution is 2.19. The Hall–Kier alpha value is -1.44. The van der Waals surface area contributed by atoms with Crippen LogP contribution < -0.4 is 10.2 Å². The van der Waals surface area contributed by atoms with E-state index in [0.29, 0.717) is 24.9 Å². The minimum atomic E-state index is -2.84. The number of nitrogens with zero attached hydrogens (tertiary/aromatic N) is 4. The predicted octanol–water partition coefficient (Wildman–Crippen LogP) is 0.908. The average Bonchev–Trinajstić information content (AvgIpc) is 2.75. The lowest BCUT2D eigenvalue weighted by molar-refractivity contribution is 0.595. The summed E-state index contributed by atoms with van der Waals surface area (Å²) in [4.78, 5) is 15.0. The molecule has 2 rings (SSSR count). The molecule has 1 atom stereocenters. The molecule has 0 aromatic carbocycles. The third-order valence-corrected chi connectivity index (χ3v) is 5.27. The van der Waals surface area contributed by atoms with Gasteiger partial charge < -0.3 is 10.2 Å². The summed E-state index contributed by atoms with van der Waals surface area (Å²) in [5.41, 5.74) is 0. The van der Waals surface area contributed by atoms with Crippen LogP contribution in [0.5, 0.6) is 0 Å². The molecular weight excluding hydrogens is 290 g/mol. The minimum Gasteiger partial charge on any atom is -0.354 e. The Bertz CT molecular complexity index is 574. The van der Waals surface area contributed by atoms with Gasteiger partial charge in [0.2, 0.25) is 11.9 Å². The SMILES string of the molecule is CC(C)c1nc(NCC2CCS(=O)(=O)C2)nc(N(C)C)n1. The van der Waals surface area contributed by atoms with Gasteiger partial charge in [0.05, 0.1) is 11.5 Å². The smallest absolute Gasteiger partial charge is 0.229 e. The molecule has 1 unspecified atom stereocenters. The first-order valence-corrected chi connectivity index (χ1v) is 8.96. The second kappa shape index (κ2) is 6.13. The van der Waals surface area contributed by atoms with Crippen LogP contribution in [0.3, 0.4) is 0 Å². The van der Waals surface area contributed by atoms with Gasteiger partial charge in [-0.05, 0) is 12.3 Å². The molecule has 118 valence electrons. The minimum absolute atomic E-state index is 0.136. The fraction of sp³-hybridized carbons (Fsp3) is 0.769. The summed E-state index contributed by atoms with van der Waals surface area (Å²) in [7, 11) is 0.919. The summed E-state index contributed by atoms with van der Waals surface area (Å²) in [5.74, 6) is 2.74. The van der Waals surface area contributed by atoms with E-state index in [9.17, 15) is 8.42 Å². The van der Waals surface area contributed by atoms with Crippen LogP contribution in [0.25, 0.3) is 0 Å². The molecule has 21 heavy (non-hydrogen) atoms. The van der Waals surface area contributed by atoms with Gasteiger partial charge >= 0.3 is 0 Å². The molecule has 1 aromatic heterocycles. The Morgan fingerprint density at radius 2 is 2.00 bits per heavy atom. The molecule has 0 aliphatic carbocycles. The first-order valence-electron chi connectivity index (χ1n) is 7.14. The third-order valence-electron chi connectivity index (χ3n) is 3.43. The standard InChI is InChI=1S/C13H23N5O2S/c1-9(2)11-15-12(17-13(16-11)18(3)4)14-7-10-5-6-21(19,20)8-10/h9-10H,5-8H2,1-4H3,(H,14,15,16,17). The van der Waals surface area contributed by atoms with Gasteiger partial charge in [0.1, 0.15) is 5.82 Å². The Morgan fingerprint density at radius 3 is 2.52 bits per heavy atom. The normalized spacial score (nSPS) is 20.7. The second-order valence-corrected chi connectivity index (χ2v) is 8.25. The molecule has 2 heterocycles. The van der Waals surface area contributed by atoms with E-state index in [4.69, 9.17) is 0 Å². The zero-order chi connectivity index (χ0) is 15.6. The Morgan fingerprint density at radius 1 is 1.29 bits per heavy atom. The second-order valence-electron chi connectivity index (χ2n) is 6.02. The molecular formula is C13H23N5O2S. The molecule has 1 aliphatic rings. The van der Waals surface area contributed by atoms with Crippen molar-refractivity contribution in [1.82, 2.24) is 15.0 Å². The van der Waals surface area contributed by atoms with E-state index in [2.05, 4.69) is 20.3 Å². The fourth-order valence-corrected chi connectivity index (χ4v) is 4.05. The molecule has 0 saturated carbocycles. The number of nitrogens with one attached hydrogen (secondary N) is 1. The summed E-state index contributed by atoms with van der Waals surface area (Å²) in [5, 5.41) is 3.16. The van der Waals surface area contributed by atoms with Crippen LogP contribution in [0.2, 0.25) is 0 Å². The van der Waals surface area contributed by atoms with Crippen LogP contribution in [-0.4, -0.2) is 55.5 Å². The maximum Gasteiger partial charge on any atom is 0.229 e. The molecule has 0 spiro atoms. The Labute approximate surface area is 126 Å². The van der Waals surface area contributed by atoms with Gasteiger partial charge in [0.25, 0.3) is 0 Å². The van der Waals surface area contributed by atoms with Gasteiger partial charge in [-0.15, -0.1) is 0 Å². The lowest BCUT2D eigenvalue weighted by Crippen LogP contribution is -2.20. The van der Waals surface area contributed by atoms with E-state index >= 15 is 0 Å². The largest absolute Gasteiger partial charge is 0.354 e. The number of rotatable bonds is 5. The predicted molar refractivity (Wildman–Crippen MR) is 83.5 cm³/mol. The first kappa shape index (κ1) is 15.9. The lowest BCUT2D eigenvalue weighted by Gasteiger charge is -2.15. The molecule has 0 radical (unpaired) electrons. The molecule has 7 nitrogen and oxygen atoms in total. The van der Waals surface area contributed by atoms with Crippen LogP contribution >= 0.6 is 0 Å². The molecule has 8 heteroatoms. The van der Waals surface area contributed by atoms with Crippen molar-refractivity contribution < 1.29 is 8.42 Å². The van der Waals surface area contributed by atoms with Gasteiger partial charge in [-0.3, -0.25) is 0 Å². The summed E-state index contributed by atoms with van der Waals surface area (Å²) >= 11 is 0. The average molecular weight is 313 g/mol. The van der Waals surface area contributed by atoms with Crippen molar-refractivity contribution in [1.29, 1.82) is 0 Å². The van der Waals surface area contributed by atoms with Crippen molar-refractivity contribution in [2.75, 3.05) is 42.4 Å². The van der Waals surface area contributed by atoms with E-state index in [1.165, 1.54) is 0 Å². The van der Waals surface area contributed by atoms with E-state index in [-0.39, 0.29) is 23.3 Å². The van der Waals surface area contributed by atoms with Crippen LogP contribution in [0.15, 0.2) is 0 Å². The molecule has 1 aromatic rings. The van der Waals surface area contributed by atoms with E-state index < -0.39 is 9.84 Å². The van der Waals surface area contributed by atoms with Gasteiger partial charge in [-0.1, -0.05) is 13.8 Å². The van der Waals surface area contributed by atoms with Crippen molar-refractivity contribution in [3.63, 3.8) is 0 Å². The van der Waals surface area contributed by atoms with Crippen LogP contribution in [0.1, 0.15) is 32.0 Å². The number of sulfone groups is 1. The topological polar surface area (TPSA) is 88.1 Å². The fourth-order valence-electron chi connectivity index (χ4n) is 2.19. The molecule has 1 fully saturated rings. The van der Waals surface area contributed by atoms with Gasteiger partial charge in [0, 0.05) is 26.6 Å². The Balaban J connectivity index is 2.09. The van der Waals surface area contributed by atoms with E-state index in [1.54, 1.807) is 0 Å². The van der Waals surface area contributed by atoms with Crippen molar-refractivity contribution in [3.05, 3.63) is 5.82 Å². The zero-order valence-corrected chi connectivity index (χ0v) is 13.8. The zero-order valence-electron chi connectivity index (χ0n) is 13.0. The summed E-state index contributed by atoms with van der Waals surface area (Å²) in [6, 6.07) is 0. The first-order chi connectivity index (χ1) is 9.77.